The van der Waals surface area contributed by atoms with Crippen molar-refractivity contribution in [2.75, 3.05) is 18.1 Å². The van der Waals surface area contributed by atoms with E-state index < -0.39 is 44.2 Å². The molecule has 0 radical (unpaired) electrons. The Morgan fingerprint density at radius 1 is 1.30 bits per heavy atom. The van der Waals surface area contributed by atoms with E-state index in [2.05, 4.69) is 10.3 Å². The fourth-order valence-corrected chi connectivity index (χ4v) is 7.43. The predicted octanol–water partition coefficient (Wildman–Crippen LogP) is 3.39. The van der Waals surface area contributed by atoms with E-state index in [0.717, 1.165) is 0 Å². The van der Waals surface area contributed by atoms with Gasteiger partial charge in [0.1, 0.15) is 18.1 Å². The van der Waals surface area contributed by atoms with Crippen LogP contribution in [0.5, 0.6) is 0 Å². The molecule has 0 saturated carbocycles. The van der Waals surface area contributed by atoms with Crippen LogP contribution in [0.2, 0.25) is 0 Å². The Kier molecular flexibility index (Phi) is 9.76. The summed E-state index contributed by atoms with van der Waals surface area (Å²) in [5.74, 6) is -0.311. The molecular formula is C25H34N5O6P. The van der Waals surface area contributed by atoms with Gasteiger partial charge in [-0.2, -0.15) is 10.2 Å². The van der Waals surface area contributed by atoms with Gasteiger partial charge in [-0.1, -0.05) is 18.2 Å². The Morgan fingerprint density at radius 3 is 2.54 bits per heavy atom. The van der Waals surface area contributed by atoms with Crippen LogP contribution in [0, 0.1) is 11.3 Å². The largest absolute Gasteiger partial charge is 0.394 e. The topological polar surface area (TPSA) is 147 Å². The Morgan fingerprint density at radius 2 is 1.97 bits per heavy atom. The Hall–Kier alpha value is -2.87. The van der Waals surface area contributed by atoms with Gasteiger partial charge in [0.15, 0.2) is 0 Å². The van der Waals surface area contributed by atoms with Crippen LogP contribution in [-0.4, -0.2) is 62.3 Å². The fourth-order valence-electron chi connectivity index (χ4n) is 4.55. The summed E-state index contributed by atoms with van der Waals surface area (Å²) in [6.07, 6.45) is -0.749. The number of hydrogen-bond acceptors (Lipinski definition) is 8. The van der Waals surface area contributed by atoms with Crippen LogP contribution >= 0.6 is 7.52 Å². The summed E-state index contributed by atoms with van der Waals surface area (Å²) in [5.41, 5.74) is -0.233. The normalized spacial score (nSPS) is 21.2. The molecule has 1 aliphatic heterocycles. The number of rotatable bonds is 11. The number of benzene rings is 1. The molecule has 0 spiro atoms. The quantitative estimate of drug-likeness (QED) is 0.417. The van der Waals surface area contributed by atoms with Gasteiger partial charge in [-0.05, 0) is 45.9 Å². The van der Waals surface area contributed by atoms with Gasteiger partial charge >= 0.3 is 5.69 Å². The van der Waals surface area contributed by atoms with Gasteiger partial charge < -0.3 is 19.7 Å². The zero-order valence-electron chi connectivity index (χ0n) is 21.5. The molecule has 2 heterocycles. The number of nitrogens with zero attached hydrogens (tertiary/aromatic N) is 4. The number of hydrogen-bond donors (Lipinski definition) is 2. The summed E-state index contributed by atoms with van der Waals surface area (Å²) in [7, 11) is -3.47. The van der Waals surface area contributed by atoms with E-state index in [1.54, 1.807) is 35.0 Å². The van der Waals surface area contributed by atoms with Gasteiger partial charge in [-0.15, -0.1) is 0 Å². The lowest BCUT2D eigenvalue weighted by atomic mass is 10.2. The van der Waals surface area contributed by atoms with E-state index in [9.17, 15) is 19.3 Å². The lowest BCUT2D eigenvalue weighted by Gasteiger charge is -2.38. The highest BCUT2D eigenvalue weighted by molar-refractivity contribution is 7.56. The van der Waals surface area contributed by atoms with Crippen molar-refractivity contribution in [1.82, 2.24) is 14.2 Å². The van der Waals surface area contributed by atoms with Crippen molar-refractivity contribution in [1.29, 1.82) is 5.26 Å². The van der Waals surface area contributed by atoms with Crippen molar-refractivity contribution in [3.63, 3.8) is 0 Å². The van der Waals surface area contributed by atoms with Crippen molar-refractivity contribution < 1.29 is 23.7 Å². The Balaban J connectivity index is 1.79. The number of ether oxygens (including phenoxy) is 1. The zero-order valence-corrected chi connectivity index (χ0v) is 22.4. The first-order valence-electron chi connectivity index (χ1n) is 12.2. The molecule has 37 heavy (non-hydrogen) atoms. The molecule has 1 aromatic heterocycles. The summed E-state index contributed by atoms with van der Waals surface area (Å²) < 4.78 is 29.1. The van der Waals surface area contributed by atoms with E-state index in [1.807, 2.05) is 33.8 Å². The number of aliphatic hydroxyl groups excluding tert-OH is 1. The molecule has 2 aromatic rings. The summed E-state index contributed by atoms with van der Waals surface area (Å²) in [6.45, 7) is 7.22. The monoisotopic (exact) mass is 531 g/mol. The molecule has 11 nitrogen and oxygen atoms in total. The summed E-state index contributed by atoms with van der Waals surface area (Å²) in [4.78, 5) is 29.1. The highest BCUT2D eigenvalue weighted by Gasteiger charge is 2.44. The summed E-state index contributed by atoms with van der Waals surface area (Å²) in [5, 5.41) is 21.7. The van der Waals surface area contributed by atoms with E-state index >= 15 is 0 Å². The van der Waals surface area contributed by atoms with Crippen molar-refractivity contribution in [3.05, 3.63) is 58.6 Å². The van der Waals surface area contributed by atoms with Crippen molar-refractivity contribution in [3.8, 4) is 6.07 Å². The van der Waals surface area contributed by atoms with Crippen molar-refractivity contribution >= 4 is 19.2 Å². The lowest BCUT2D eigenvalue weighted by molar-refractivity contribution is -0.0431. The predicted molar refractivity (Wildman–Crippen MR) is 138 cm³/mol. The molecular weight excluding hydrogens is 497 g/mol. The van der Waals surface area contributed by atoms with E-state index in [-0.39, 0.29) is 36.9 Å². The SMILES string of the molecule is CC(C)N(C(C)C)P(=O)(CCC#N)O[C@H]1C[C@H](n2ccc(NC(=O)c3ccccc3)nc2=O)O[C@@H]1CO. The molecule has 1 aromatic carbocycles. The number of aromatic nitrogens is 2. The first-order chi connectivity index (χ1) is 17.6. The van der Waals surface area contributed by atoms with E-state index in [1.165, 1.54) is 16.8 Å². The number of nitrogens with one attached hydrogen (secondary N) is 1. The second-order valence-corrected chi connectivity index (χ2v) is 11.7. The Bertz CT molecular complexity index is 1200. The van der Waals surface area contributed by atoms with Gasteiger partial charge in [0.25, 0.3) is 13.4 Å². The zero-order chi connectivity index (χ0) is 27.2. The molecule has 4 atom stereocenters. The van der Waals surface area contributed by atoms with Crippen LogP contribution in [-0.2, 0) is 13.8 Å². The van der Waals surface area contributed by atoms with Crippen molar-refractivity contribution in [2.45, 2.75) is 71.1 Å². The van der Waals surface area contributed by atoms with Gasteiger partial charge in [0, 0.05) is 36.7 Å². The lowest BCUT2D eigenvalue weighted by Crippen LogP contribution is -2.38. The van der Waals surface area contributed by atoms with Gasteiger partial charge in [0.2, 0.25) is 0 Å². The van der Waals surface area contributed by atoms with Gasteiger partial charge in [-0.25, -0.2) is 9.46 Å². The number of nitriles is 1. The van der Waals surface area contributed by atoms with Crippen LogP contribution < -0.4 is 11.0 Å². The fraction of sp³-hybridized carbons (Fsp3) is 0.520. The van der Waals surface area contributed by atoms with Crippen LogP contribution in [0.1, 0.15) is 57.1 Å². The molecule has 200 valence electrons. The average Bonchev–Trinajstić information content (AvgIpc) is 3.24. The molecule has 1 fully saturated rings. The molecule has 1 aliphatic rings. The third-order valence-corrected chi connectivity index (χ3v) is 9.01. The van der Waals surface area contributed by atoms with Gasteiger partial charge in [0.05, 0.1) is 24.9 Å². The molecule has 1 unspecified atom stereocenters. The van der Waals surface area contributed by atoms with E-state index in [4.69, 9.17) is 14.5 Å². The molecule has 1 amide bonds. The first kappa shape index (κ1) is 28.7. The standard InChI is InChI=1S/C25H34N5O6P/c1-17(2)30(18(3)4)37(34,14-8-12-26)36-20-15-23(35-21(20)16-31)29-13-11-22(28-25(29)33)27-24(32)19-9-6-5-7-10-19/h5-7,9-11,13,17-18,20-21,23,31H,8,14-16H2,1-4H3,(H,27,28,32,33)/t20-,21+,23+,37?/m0/s1. The minimum absolute atomic E-state index is 0.0382. The molecule has 12 heteroatoms. The van der Waals surface area contributed by atoms with Crippen LogP contribution in [0.3, 0.4) is 0 Å². The van der Waals surface area contributed by atoms with Crippen molar-refractivity contribution in [2.24, 2.45) is 0 Å². The minimum Gasteiger partial charge on any atom is -0.394 e. The van der Waals surface area contributed by atoms with Crippen LogP contribution in [0.15, 0.2) is 47.4 Å². The summed E-state index contributed by atoms with van der Waals surface area (Å²) in [6, 6.07) is 11.8. The molecule has 0 aliphatic carbocycles. The molecule has 1 saturated heterocycles. The highest BCUT2D eigenvalue weighted by Crippen LogP contribution is 2.56. The maximum Gasteiger partial charge on any atom is 0.351 e. The maximum atomic E-state index is 14.0. The number of aliphatic hydroxyl groups is 1. The molecule has 3 rings (SSSR count). The highest BCUT2D eigenvalue weighted by atomic mass is 31.2. The number of carbonyl (C=O) groups is 1. The van der Waals surface area contributed by atoms with Crippen LogP contribution in [0.25, 0.3) is 0 Å². The summed E-state index contributed by atoms with van der Waals surface area (Å²) >= 11 is 0. The van der Waals surface area contributed by atoms with Gasteiger partial charge in [-0.3, -0.25) is 13.9 Å². The average molecular weight is 532 g/mol. The number of carbonyl (C=O) groups excluding carboxylic acids is 1. The van der Waals surface area contributed by atoms with Crippen LogP contribution in [0.4, 0.5) is 5.82 Å². The number of amides is 1. The maximum absolute atomic E-state index is 14.0. The smallest absolute Gasteiger partial charge is 0.351 e. The third-order valence-electron chi connectivity index (χ3n) is 5.99. The minimum atomic E-state index is -3.47. The number of anilines is 1. The first-order valence-corrected chi connectivity index (χ1v) is 14.0. The van der Waals surface area contributed by atoms with E-state index in [0.29, 0.717) is 5.56 Å². The third kappa shape index (κ3) is 6.92. The molecule has 0 bridgehead atoms. The molecule has 2 N–H and O–H groups in total. The Labute approximate surface area is 216 Å². The second kappa shape index (κ2) is 12.6. The second-order valence-electron chi connectivity index (χ2n) is 9.35.